The van der Waals surface area contributed by atoms with E-state index >= 15 is 0 Å². The molecule has 0 saturated heterocycles. The second kappa shape index (κ2) is 5.54. The molecule has 0 fully saturated rings. The monoisotopic (exact) mass is 232 g/mol. The number of aryl methyl sites for hydroxylation is 1. The Hall–Kier alpha value is -1.75. The lowest BCUT2D eigenvalue weighted by Gasteiger charge is -1.98. The fourth-order valence-corrected chi connectivity index (χ4v) is 1.52. The first-order valence-electron chi connectivity index (χ1n) is 5.76. The smallest absolute Gasteiger partial charge is 0.249 e. The molecule has 1 N–H and O–H groups in total. The Labute approximate surface area is 100 Å². The quantitative estimate of drug-likeness (QED) is 0.798. The first-order chi connectivity index (χ1) is 8.31. The minimum atomic E-state index is 0.531. The van der Waals surface area contributed by atoms with Gasteiger partial charge in [-0.3, -0.25) is 4.98 Å². The van der Waals surface area contributed by atoms with Gasteiger partial charge in [0.15, 0.2) is 0 Å². The minimum Gasteiger partial charge on any atom is -0.419 e. The van der Waals surface area contributed by atoms with Crippen LogP contribution in [0.4, 0.5) is 0 Å². The van der Waals surface area contributed by atoms with Crippen molar-refractivity contribution in [3.63, 3.8) is 0 Å². The van der Waals surface area contributed by atoms with Crippen LogP contribution >= 0.6 is 0 Å². The third kappa shape index (κ3) is 2.88. The van der Waals surface area contributed by atoms with E-state index in [2.05, 4.69) is 27.4 Å². The molecule has 0 bridgehead atoms. The number of pyridine rings is 1. The van der Waals surface area contributed by atoms with Crippen molar-refractivity contribution in [3.8, 4) is 11.5 Å². The third-order valence-electron chi connectivity index (χ3n) is 2.41. The molecular weight excluding hydrogens is 216 g/mol. The van der Waals surface area contributed by atoms with E-state index in [-0.39, 0.29) is 0 Å². The number of rotatable bonds is 5. The molecule has 2 heterocycles. The Morgan fingerprint density at radius 2 is 2.24 bits per heavy atom. The molecular formula is C12H16N4O. The summed E-state index contributed by atoms with van der Waals surface area (Å²) in [6, 6.07) is 3.79. The van der Waals surface area contributed by atoms with E-state index in [0.717, 1.165) is 24.2 Å². The summed E-state index contributed by atoms with van der Waals surface area (Å²) in [6.07, 6.45) is 2.83. The van der Waals surface area contributed by atoms with E-state index < -0.39 is 0 Å². The SMILES string of the molecule is CCCNCc1nnc(-c2cccnc2C)o1. The molecule has 5 nitrogen and oxygen atoms in total. The summed E-state index contributed by atoms with van der Waals surface area (Å²) in [4.78, 5) is 4.20. The average molecular weight is 232 g/mol. The predicted octanol–water partition coefficient (Wildman–Crippen LogP) is 1.94. The lowest BCUT2D eigenvalue weighted by molar-refractivity contribution is 0.477. The highest BCUT2D eigenvalue weighted by molar-refractivity contribution is 5.54. The number of nitrogens with zero attached hydrogens (tertiary/aromatic N) is 3. The van der Waals surface area contributed by atoms with Crippen LogP contribution in [0.3, 0.4) is 0 Å². The van der Waals surface area contributed by atoms with Crippen molar-refractivity contribution in [3.05, 3.63) is 29.9 Å². The van der Waals surface area contributed by atoms with Gasteiger partial charge in [0, 0.05) is 11.9 Å². The van der Waals surface area contributed by atoms with Crippen LogP contribution in [0.1, 0.15) is 24.9 Å². The van der Waals surface area contributed by atoms with Gasteiger partial charge in [-0.15, -0.1) is 10.2 Å². The zero-order valence-corrected chi connectivity index (χ0v) is 10.1. The van der Waals surface area contributed by atoms with Gasteiger partial charge in [0.05, 0.1) is 12.1 Å². The molecule has 90 valence electrons. The molecule has 0 unspecified atom stereocenters. The minimum absolute atomic E-state index is 0.531. The maximum Gasteiger partial charge on any atom is 0.249 e. The molecule has 0 amide bonds. The second-order valence-electron chi connectivity index (χ2n) is 3.81. The number of nitrogens with one attached hydrogen (secondary N) is 1. The predicted molar refractivity (Wildman–Crippen MR) is 64.3 cm³/mol. The summed E-state index contributed by atoms with van der Waals surface area (Å²) < 4.78 is 5.57. The molecule has 2 aromatic heterocycles. The van der Waals surface area contributed by atoms with Crippen LogP contribution in [0.5, 0.6) is 0 Å². The first kappa shape index (κ1) is 11.7. The molecule has 2 aromatic rings. The van der Waals surface area contributed by atoms with Gasteiger partial charge in [0.1, 0.15) is 0 Å². The topological polar surface area (TPSA) is 63.8 Å². The zero-order chi connectivity index (χ0) is 12.1. The van der Waals surface area contributed by atoms with Gasteiger partial charge in [-0.2, -0.15) is 0 Å². The number of aromatic nitrogens is 3. The van der Waals surface area contributed by atoms with Crippen molar-refractivity contribution in [1.82, 2.24) is 20.5 Å². The third-order valence-corrected chi connectivity index (χ3v) is 2.41. The summed E-state index contributed by atoms with van der Waals surface area (Å²) in [6.45, 7) is 5.60. The number of hydrogen-bond donors (Lipinski definition) is 1. The van der Waals surface area contributed by atoms with Crippen LogP contribution in [-0.2, 0) is 6.54 Å². The highest BCUT2D eigenvalue weighted by atomic mass is 16.4. The fourth-order valence-electron chi connectivity index (χ4n) is 1.52. The average Bonchev–Trinajstić information content (AvgIpc) is 2.79. The fraction of sp³-hybridized carbons (Fsp3) is 0.417. The van der Waals surface area contributed by atoms with E-state index in [9.17, 15) is 0 Å². The number of hydrogen-bond acceptors (Lipinski definition) is 5. The van der Waals surface area contributed by atoms with Gasteiger partial charge < -0.3 is 9.73 Å². The Kier molecular flexibility index (Phi) is 3.82. The van der Waals surface area contributed by atoms with E-state index in [1.165, 1.54) is 0 Å². The molecule has 0 saturated carbocycles. The van der Waals surface area contributed by atoms with E-state index in [0.29, 0.717) is 18.3 Å². The molecule has 17 heavy (non-hydrogen) atoms. The van der Waals surface area contributed by atoms with Gasteiger partial charge in [-0.05, 0) is 32.0 Å². The largest absolute Gasteiger partial charge is 0.419 e. The summed E-state index contributed by atoms with van der Waals surface area (Å²) in [5.41, 5.74) is 1.78. The van der Waals surface area contributed by atoms with Crippen molar-refractivity contribution < 1.29 is 4.42 Å². The molecule has 0 aliphatic rings. The van der Waals surface area contributed by atoms with Crippen LogP contribution < -0.4 is 5.32 Å². The summed E-state index contributed by atoms with van der Waals surface area (Å²) in [5, 5.41) is 11.2. The van der Waals surface area contributed by atoms with Gasteiger partial charge in [0.2, 0.25) is 11.8 Å². The molecule has 0 aromatic carbocycles. The Balaban J connectivity index is 2.10. The zero-order valence-electron chi connectivity index (χ0n) is 10.1. The van der Waals surface area contributed by atoms with E-state index in [1.54, 1.807) is 6.20 Å². The summed E-state index contributed by atoms with van der Waals surface area (Å²) in [5.74, 6) is 1.14. The lowest BCUT2D eigenvalue weighted by Crippen LogP contribution is -2.13. The maximum atomic E-state index is 5.57. The van der Waals surface area contributed by atoms with Crippen molar-refractivity contribution >= 4 is 0 Å². The highest BCUT2D eigenvalue weighted by Gasteiger charge is 2.10. The lowest BCUT2D eigenvalue weighted by atomic mass is 10.2. The van der Waals surface area contributed by atoms with Crippen LogP contribution in [0.15, 0.2) is 22.7 Å². The Bertz CT molecular complexity index is 481. The normalized spacial score (nSPS) is 10.7. The first-order valence-corrected chi connectivity index (χ1v) is 5.76. The molecule has 0 spiro atoms. The Morgan fingerprint density at radius 3 is 3.00 bits per heavy atom. The van der Waals surface area contributed by atoms with Crippen molar-refractivity contribution in [2.45, 2.75) is 26.8 Å². The van der Waals surface area contributed by atoms with Crippen molar-refractivity contribution in [2.24, 2.45) is 0 Å². The maximum absolute atomic E-state index is 5.57. The highest BCUT2D eigenvalue weighted by Crippen LogP contribution is 2.19. The van der Waals surface area contributed by atoms with E-state index in [1.807, 2.05) is 19.1 Å². The van der Waals surface area contributed by atoms with Crippen LogP contribution in [-0.4, -0.2) is 21.7 Å². The molecule has 0 aliphatic heterocycles. The molecule has 0 radical (unpaired) electrons. The molecule has 2 rings (SSSR count). The van der Waals surface area contributed by atoms with Crippen LogP contribution in [0, 0.1) is 6.92 Å². The Morgan fingerprint density at radius 1 is 1.35 bits per heavy atom. The van der Waals surface area contributed by atoms with Crippen molar-refractivity contribution in [2.75, 3.05) is 6.54 Å². The van der Waals surface area contributed by atoms with Gasteiger partial charge >= 0.3 is 0 Å². The van der Waals surface area contributed by atoms with Crippen LogP contribution in [0.2, 0.25) is 0 Å². The van der Waals surface area contributed by atoms with Crippen LogP contribution in [0.25, 0.3) is 11.5 Å². The van der Waals surface area contributed by atoms with Gasteiger partial charge in [0.25, 0.3) is 0 Å². The standard InChI is InChI=1S/C12H16N4O/c1-3-6-13-8-11-15-16-12(17-11)10-5-4-7-14-9(10)2/h4-5,7,13H,3,6,8H2,1-2H3. The molecule has 0 aliphatic carbocycles. The summed E-state index contributed by atoms with van der Waals surface area (Å²) >= 11 is 0. The molecule has 5 heteroatoms. The summed E-state index contributed by atoms with van der Waals surface area (Å²) in [7, 11) is 0. The molecule has 0 atom stereocenters. The second-order valence-corrected chi connectivity index (χ2v) is 3.81. The van der Waals surface area contributed by atoms with E-state index in [4.69, 9.17) is 4.42 Å². The van der Waals surface area contributed by atoms with Gasteiger partial charge in [-0.1, -0.05) is 6.92 Å². The van der Waals surface area contributed by atoms with Gasteiger partial charge in [-0.25, -0.2) is 0 Å². The van der Waals surface area contributed by atoms with Crippen molar-refractivity contribution in [1.29, 1.82) is 0 Å².